The van der Waals surface area contributed by atoms with Gasteiger partial charge in [0.15, 0.2) is 0 Å². The van der Waals surface area contributed by atoms with Crippen molar-refractivity contribution < 1.29 is 19.1 Å². The lowest BCUT2D eigenvalue weighted by atomic mass is 10.1. The number of nitrogens with one attached hydrogen (secondary N) is 2. The van der Waals surface area contributed by atoms with E-state index in [-0.39, 0.29) is 11.8 Å². The minimum Gasteiger partial charge on any atom is -0.444 e. The summed E-state index contributed by atoms with van der Waals surface area (Å²) in [6.07, 6.45) is -0.581. The van der Waals surface area contributed by atoms with Crippen LogP contribution in [0.4, 0.5) is 10.5 Å². The molecule has 7 nitrogen and oxygen atoms in total. The Morgan fingerprint density at radius 1 is 0.966 bits per heavy atom. The van der Waals surface area contributed by atoms with Gasteiger partial charge in [0.05, 0.1) is 0 Å². The number of hydrogen-bond donors (Lipinski definition) is 2. The van der Waals surface area contributed by atoms with Crippen LogP contribution in [0.5, 0.6) is 0 Å². The van der Waals surface area contributed by atoms with Crippen molar-refractivity contribution in [2.45, 2.75) is 32.9 Å². The second-order valence-corrected chi connectivity index (χ2v) is 7.79. The zero-order valence-electron chi connectivity index (χ0n) is 17.4. The fourth-order valence-corrected chi connectivity index (χ4v) is 2.47. The molecule has 3 amide bonds. The average molecular weight is 397 g/mol. The number of ether oxygens (including phenoxy) is 1. The van der Waals surface area contributed by atoms with Crippen LogP contribution in [0.2, 0.25) is 0 Å². The molecule has 0 radical (unpaired) electrons. The zero-order chi connectivity index (χ0) is 21.6. The third-order valence-corrected chi connectivity index (χ3v) is 3.83. The van der Waals surface area contributed by atoms with Crippen molar-refractivity contribution in [3.8, 4) is 0 Å². The maximum absolute atomic E-state index is 12.4. The van der Waals surface area contributed by atoms with Gasteiger partial charge in [-0.1, -0.05) is 18.2 Å². The Kier molecular flexibility index (Phi) is 6.98. The molecule has 0 aliphatic carbocycles. The summed E-state index contributed by atoms with van der Waals surface area (Å²) in [5, 5.41) is 5.44. The summed E-state index contributed by atoms with van der Waals surface area (Å²) in [5.74, 6) is -0.346. The van der Waals surface area contributed by atoms with Crippen molar-refractivity contribution in [3.05, 3.63) is 65.2 Å². The van der Waals surface area contributed by atoms with Crippen LogP contribution in [0.15, 0.2) is 48.5 Å². The molecule has 0 saturated heterocycles. The summed E-state index contributed by atoms with van der Waals surface area (Å²) >= 11 is 0. The number of carbonyl (C=O) groups excluding carboxylic acids is 3. The van der Waals surface area contributed by atoms with E-state index in [2.05, 4.69) is 10.6 Å². The highest BCUT2D eigenvalue weighted by Crippen LogP contribution is 2.14. The predicted octanol–water partition coefficient (Wildman–Crippen LogP) is 3.67. The number of anilines is 1. The third kappa shape index (κ3) is 6.95. The normalized spacial score (nSPS) is 10.8. The molecule has 0 fully saturated rings. The topological polar surface area (TPSA) is 87.7 Å². The van der Waals surface area contributed by atoms with E-state index in [1.165, 1.54) is 4.90 Å². The molecule has 0 spiro atoms. The summed E-state index contributed by atoms with van der Waals surface area (Å²) < 4.78 is 5.21. The molecule has 0 saturated carbocycles. The highest BCUT2D eigenvalue weighted by atomic mass is 16.6. The molecule has 2 aromatic carbocycles. The summed E-state index contributed by atoms with van der Waals surface area (Å²) in [6, 6.07) is 13.7. The minimum absolute atomic E-state index is 0.0742. The molecule has 2 aromatic rings. The Morgan fingerprint density at radius 2 is 1.62 bits per heavy atom. The first-order valence-corrected chi connectivity index (χ1v) is 9.24. The van der Waals surface area contributed by atoms with E-state index in [4.69, 9.17) is 4.74 Å². The smallest absolute Gasteiger partial charge is 0.412 e. The van der Waals surface area contributed by atoms with Crippen molar-refractivity contribution >= 4 is 23.6 Å². The molecule has 7 heteroatoms. The number of carbonyl (C=O) groups is 3. The minimum atomic E-state index is -0.605. The van der Waals surface area contributed by atoms with Crippen LogP contribution in [-0.2, 0) is 11.3 Å². The molecular weight excluding hydrogens is 370 g/mol. The summed E-state index contributed by atoms with van der Waals surface area (Å²) in [6.45, 7) is 5.65. The Balaban J connectivity index is 1.95. The molecule has 2 N–H and O–H groups in total. The van der Waals surface area contributed by atoms with Crippen molar-refractivity contribution in [2.24, 2.45) is 0 Å². The van der Waals surface area contributed by atoms with Gasteiger partial charge in [0, 0.05) is 37.5 Å². The maximum atomic E-state index is 12.4. The van der Waals surface area contributed by atoms with Crippen LogP contribution in [0, 0.1) is 0 Å². The predicted molar refractivity (Wildman–Crippen MR) is 112 cm³/mol. The molecule has 0 bridgehead atoms. The van der Waals surface area contributed by atoms with Gasteiger partial charge >= 0.3 is 6.09 Å². The van der Waals surface area contributed by atoms with E-state index in [1.807, 2.05) is 0 Å². The number of benzene rings is 2. The van der Waals surface area contributed by atoms with Gasteiger partial charge in [-0.2, -0.15) is 0 Å². The molecule has 0 aromatic heterocycles. The zero-order valence-corrected chi connectivity index (χ0v) is 17.4. The van der Waals surface area contributed by atoms with Gasteiger partial charge < -0.3 is 15.0 Å². The first kappa shape index (κ1) is 21.9. The monoisotopic (exact) mass is 397 g/mol. The van der Waals surface area contributed by atoms with Crippen LogP contribution in [0.3, 0.4) is 0 Å². The largest absolute Gasteiger partial charge is 0.444 e. The number of amides is 3. The van der Waals surface area contributed by atoms with Crippen molar-refractivity contribution in [2.75, 3.05) is 19.4 Å². The van der Waals surface area contributed by atoms with Crippen LogP contribution in [-0.4, -0.2) is 42.5 Å². The standard InChI is InChI=1S/C22H27N3O4/c1-22(2,3)29-21(28)24-18-8-6-7-17(13-18)19(26)23-14-15-9-11-16(12-10-15)20(27)25(4)5/h6-13H,14H2,1-5H3,(H,23,26)(H,24,28). The molecule has 0 aliphatic rings. The SMILES string of the molecule is CN(C)C(=O)c1ccc(CNC(=O)c2cccc(NC(=O)OC(C)(C)C)c2)cc1. The van der Waals surface area contributed by atoms with Crippen LogP contribution < -0.4 is 10.6 Å². The summed E-state index contributed by atoms with van der Waals surface area (Å²) in [5.41, 5.74) is 1.74. The fourth-order valence-electron chi connectivity index (χ4n) is 2.47. The second kappa shape index (κ2) is 9.23. The molecule has 0 atom stereocenters. The highest BCUT2D eigenvalue weighted by molar-refractivity contribution is 5.96. The molecule has 0 unspecified atom stereocenters. The van der Waals surface area contributed by atoms with Crippen LogP contribution >= 0.6 is 0 Å². The first-order chi connectivity index (χ1) is 13.5. The van der Waals surface area contributed by atoms with Gasteiger partial charge in [-0.3, -0.25) is 14.9 Å². The van der Waals surface area contributed by atoms with Gasteiger partial charge in [0.1, 0.15) is 5.60 Å². The molecule has 0 heterocycles. The van der Waals surface area contributed by atoms with Crippen LogP contribution in [0.25, 0.3) is 0 Å². The second-order valence-electron chi connectivity index (χ2n) is 7.79. The van der Waals surface area contributed by atoms with Gasteiger partial charge in [-0.05, 0) is 56.7 Å². The fraction of sp³-hybridized carbons (Fsp3) is 0.318. The van der Waals surface area contributed by atoms with Gasteiger partial charge in [-0.15, -0.1) is 0 Å². The number of nitrogens with zero attached hydrogens (tertiary/aromatic N) is 1. The van der Waals surface area contributed by atoms with E-state index >= 15 is 0 Å². The van der Waals surface area contributed by atoms with E-state index < -0.39 is 11.7 Å². The van der Waals surface area contributed by atoms with Crippen LogP contribution in [0.1, 0.15) is 47.1 Å². The molecule has 154 valence electrons. The number of hydrogen-bond acceptors (Lipinski definition) is 4. The molecule has 29 heavy (non-hydrogen) atoms. The molecular formula is C22H27N3O4. The summed E-state index contributed by atoms with van der Waals surface area (Å²) in [4.78, 5) is 37.7. The van der Waals surface area contributed by atoms with Gasteiger partial charge in [0.25, 0.3) is 11.8 Å². The van der Waals surface area contributed by atoms with Gasteiger partial charge in [-0.25, -0.2) is 4.79 Å². The number of rotatable bonds is 5. The van der Waals surface area contributed by atoms with Gasteiger partial charge in [0.2, 0.25) is 0 Å². The maximum Gasteiger partial charge on any atom is 0.412 e. The first-order valence-electron chi connectivity index (χ1n) is 9.24. The van der Waals surface area contributed by atoms with Crippen molar-refractivity contribution in [1.82, 2.24) is 10.2 Å². The Labute approximate surface area is 171 Å². The average Bonchev–Trinajstić information content (AvgIpc) is 2.64. The highest BCUT2D eigenvalue weighted by Gasteiger charge is 2.16. The Morgan fingerprint density at radius 3 is 2.21 bits per heavy atom. The lowest BCUT2D eigenvalue weighted by molar-refractivity contribution is 0.0635. The third-order valence-electron chi connectivity index (χ3n) is 3.83. The summed E-state index contributed by atoms with van der Waals surface area (Å²) in [7, 11) is 3.39. The quantitative estimate of drug-likeness (QED) is 0.806. The van der Waals surface area contributed by atoms with E-state index in [9.17, 15) is 14.4 Å². The van der Waals surface area contributed by atoms with E-state index in [1.54, 1.807) is 83.4 Å². The molecule has 0 aliphatic heterocycles. The lowest BCUT2D eigenvalue weighted by Crippen LogP contribution is -2.27. The Hall–Kier alpha value is -3.35. The molecule has 2 rings (SSSR count). The van der Waals surface area contributed by atoms with Crippen molar-refractivity contribution in [1.29, 1.82) is 0 Å². The Bertz CT molecular complexity index is 884. The van der Waals surface area contributed by atoms with E-state index in [0.29, 0.717) is 23.4 Å². The van der Waals surface area contributed by atoms with Crippen molar-refractivity contribution in [3.63, 3.8) is 0 Å². The lowest BCUT2D eigenvalue weighted by Gasteiger charge is -2.19. The van der Waals surface area contributed by atoms with E-state index in [0.717, 1.165) is 5.56 Å².